The Morgan fingerprint density at radius 1 is 0.767 bits per heavy atom. The van der Waals surface area contributed by atoms with Gasteiger partial charge in [0.05, 0.1) is 5.69 Å². The zero-order chi connectivity index (χ0) is 20.9. The van der Waals surface area contributed by atoms with Crippen LogP contribution in [0.15, 0.2) is 85.2 Å². The molecule has 30 heavy (non-hydrogen) atoms. The first-order valence-electron chi connectivity index (χ1n) is 9.67. The number of aromatic nitrogens is 2. The molecule has 0 amide bonds. The van der Waals surface area contributed by atoms with Gasteiger partial charge in [-0.3, -0.25) is 0 Å². The molecule has 0 spiro atoms. The molecule has 0 bridgehead atoms. The maximum atomic E-state index is 5.91. The third-order valence-corrected chi connectivity index (χ3v) is 4.67. The van der Waals surface area contributed by atoms with Crippen molar-refractivity contribution in [1.82, 2.24) is 9.97 Å². The number of hydrogen-bond donors (Lipinski definition) is 3. The second-order valence-electron chi connectivity index (χ2n) is 7.15. The van der Waals surface area contributed by atoms with Crippen molar-refractivity contribution in [2.24, 2.45) is 0 Å². The number of para-hydroxylation sites is 1. The summed E-state index contributed by atoms with van der Waals surface area (Å²) in [6, 6.07) is 25.9. The molecule has 0 saturated carbocycles. The molecule has 0 atom stereocenters. The summed E-state index contributed by atoms with van der Waals surface area (Å²) in [6.45, 7) is 0. The smallest absolute Gasteiger partial charge is 0.134 e. The summed E-state index contributed by atoms with van der Waals surface area (Å²) in [5, 5.41) is 6.81. The van der Waals surface area contributed by atoms with E-state index in [0.717, 1.165) is 39.8 Å². The molecule has 1 heterocycles. The van der Waals surface area contributed by atoms with Crippen LogP contribution in [0, 0.1) is 0 Å². The molecule has 4 aromatic rings. The zero-order valence-corrected chi connectivity index (χ0v) is 17.0. The van der Waals surface area contributed by atoms with Gasteiger partial charge in [0, 0.05) is 54.2 Å². The lowest BCUT2D eigenvalue weighted by Crippen LogP contribution is -2.08. The van der Waals surface area contributed by atoms with E-state index in [9.17, 15) is 0 Å². The molecule has 0 saturated heterocycles. The van der Waals surface area contributed by atoms with E-state index < -0.39 is 0 Å². The quantitative estimate of drug-likeness (QED) is 0.385. The van der Waals surface area contributed by atoms with Crippen LogP contribution in [0.2, 0.25) is 0 Å². The first-order chi connectivity index (χ1) is 14.6. The highest BCUT2D eigenvalue weighted by Crippen LogP contribution is 2.31. The molecule has 6 nitrogen and oxygen atoms in total. The SMILES string of the molecule is CN(C)c1cccc(Nc2cc(-c3ccccc3Nc3cccc(N)c3)ncn2)c1. The molecule has 4 N–H and O–H groups in total. The highest BCUT2D eigenvalue weighted by Gasteiger charge is 2.09. The number of nitrogens with zero attached hydrogens (tertiary/aromatic N) is 3. The molecule has 150 valence electrons. The Hall–Kier alpha value is -4.06. The average Bonchev–Trinajstić information content (AvgIpc) is 2.74. The minimum atomic E-state index is 0.714. The Labute approximate surface area is 176 Å². The molecule has 0 radical (unpaired) electrons. The second-order valence-corrected chi connectivity index (χ2v) is 7.15. The van der Waals surface area contributed by atoms with E-state index >= 15 is 0 Å². The number of benzene rings is 3. The summed E-state index contributed by atoms with van der Waals surface area (Å²) in [5.74, 6) is 0.731. The number of hydrogen-bond acceptors (Lipinski definition) is 6. The van der Waals surface area contributed by atoms with Gasteiger partial charge in [-0.15, -0.1) is 0 Å². The summed E-state index contributed by atoms with van der Waals surface area (Å²) in [5.41, 5.74) is 12.4. The van der Waals surface area contributed by atoms with Gasteiger partial charge in [-0.05, 0) is 42.5 Å². The summed E-state index contributed by atoms with van der Waals surface area (Å²) in [4.78, 5) is 10.9. The van der Waals surface area contributed by atoms with Crippen molar-refractivity contribution in [3.8, 4) is 11.3 Å². The third kappa shape index (κ3) is 4.50. The maximum absolute atomic E-state index is 5.91. The van der Waals surface area contributed by atoms with Gasteiger partial charge in [0.1, 0.15) is 12.1 Å². The number of nitrogens with two attached hydrogens (primary N) is 1. The molecular formula is C24H24N6. The molecule has 4 rings (SSSR count). The number of rotatable bonds is 6. The zero-order valence-electron chi connectivity index (χ0n) is 17.0. The topological polar surface area (TPSA) is 79.1 Å². The monoisotopic (exact) mass is 396 g/mol. The van der Waals surface area contributed by atoms with Crippen molar-refractivity contribution >= 4 is 34.3 Å². The standard InChI is InChI=1S/C24H24N6/c1-30(2)20-10-6-9-19(14-20)29-24-15-23(26-16-27-24)21-11-3-4-12-22(21)28-18-8-5-7-17(25)13-18/h3-16,28H,25H2,1-2H3,(H,26,27,29). The molecule has 3 aromatic carbocycles. The van der Waals surface area contributed by atoms with Crippen LogP contribution in [0.25, 0.3) is 11.3 Å². The minimum absolute atomic E-state index is 0.714. The lowest BCUT2D eigenvalue weighted by atomic mass is 10.1. The van der Waals surface area contributed by atoms with Gasteiger partial charge in [-0.25, -0.2) is 9.97 Å². The van der Waals surface area contributed by atoms with E-state index in [0.29, 0.717) is 5.69 Å². The van der Waals surface area contributed by atoms with Crippen LogP contribution in [-0.2, 0) is 0 Å². The number of nitrogens with one attached hydrogen (secondary N) is 2. The minimum Gasteiger partial charge on any atom is -0.399 e. The van der Waals surface area contributed by atoms with Gasteiger partial charge in [-0.2, -0.15) is 0 Å². The molecule has 0 aliphatic carbocycles. The van der Waals surface area contributed by atoms with E-state index in [1.165, 1.54) is 0 Å². The average molecular weight is 396 g/mol. The normalized spacial score (nSPS) is 10.5. The Balaban J connectivity index is 1.62. The Kier molecular flexibility index (Phi) is 5.48. The fraction of sp³-hybridized carbons (Fsp3) is 0.0833. The summed E-state index contributed by atoms with van der Waals surface area (Å²) < 4.78 is 0. The largest absolute Gasteiger partial charge is 0.399 e. The number of nitrogen functional groups attached to an aromatic ring is 1. The van der Waals surface area contributed by atoms with E-state index in [1.54, 1.807) is 6.33 Å². The van der Waals surface area contributed by atoms with Crippen LogP contribution in [0.3, 0.4) is 0 Å². The van der Waals surface area contributed by atoms with Gasteiger partial charge < -0.3 is 21.3 Å². The lowest BCUT2D eigenvalue weighted by Gasteiger charge is -2.15. The van der Waals surface area contributed by atoms with Crippen molar-refractivity contribution in [3.63, 3.8) is 0 Å². The highest BCUT2D eigenvalue weighted by atomic mass is 15.1. The van der Waals surface area contributed by atoms with Crippen LogP contribution in [0.4, 0.5) is 34.3 Å². The fourth-order valence-corrected chi connectivity index (χ4v) is 3.17. The van der Waals surface area contributed by atoms with Gasteiger partial charge in [0.15, 0.2) is 0 Å². The van der Waals surface area contributed by atoms with Gasteiger partial charge in [0.25, 0.3) is 0 Å². The summed E-state index contributed by atoms with van der Waals surface area (Å²) in [6.07, 6.45) is 1.57. The van der Waals surface area contributed by atoms with Crippen molar-refractivity contribution < 1.29 is 0 Å². The van der Waals surface area contributed by atoms with Crippen LogP contribution >= 0.6 is 0 Å². The Bertz CT molecular complexity index is 1160. The number of anilines is 6. The van der Waals surface area contributed by atoms with E-state index in [4.69, 9.17) is 5.73 Å². The Morgan fingerprint density at radius 2 is 1.53 bits per heavy atom. The van der Waals surface area contributed by atoms with Crippen LogP contribution < -0.4 is 21.3 Å². The Morgan fingerprint density at radius 3 is 2.33 bits per heavy atom. The van der Waals surface area contributed by atoms with E-state index in [-0.39, 0.29) is 0 Å². The maximum Gasteiger partial charge on any atom is 0.134 e. The van der Waals surface area contributed by atoms with E-state index in [1.807, 2.05) is 80.8 Å². The predicted molar refractivity (Wildman–Crippen MR) is 126 cm³/mol. The summed E-state index contributed by atoms with van der Waals surface area (Å²) >= 11 is 0. The second kappa shape index (κ2) is 8.53. The molecule has 0 fully saturated rings. The van der Waals surface area contributed by atoms with Crippen LogP contribution in [-0.4, -0.2) is 24.1 Å². The predicted octanol–water partition coefficient (Wildman–Crippen LogP) is 5.28. The first kappa shape index (κ1) is 19.3. The van der Waals surface area contributed by atoms with Gasteiger partial charge in [0.2, 0.25) is 0 Å². The molecule has 1 aromatic heterocycles. The van der Waals surface area contributed by atoms with Crippen molar-refractivity contribution in [1.29, 1.82) is 0 Å². The van der Waals surface area contributed by atoms with Crippen molar-refractivity contribution in [2.45, 2.75) is 0 Å². The molecule has 0 unspecified atom stereocenters. The molecule has 0 aliphatic rings. The first-order valence-corrected chi connectivity index (χ1v) is 9.67. The molecular weight excluding hydrogens is 372 g/mol. The van der Waals surface area contributed by atoms with Crippen LogP contribution in [0.5, 0.6) is 0 Å². The molecule has 6 heteroatoms. The van der Waals surface area contributed by atoms with Gasteiger partial charge in [-0.1, -0.05) is 30.3 Å². The molecule has 0 aliphatic heterocycles. The van der Waals surface area contributed by atoms with Crippen molar-refractivity contribution in [3.05, 3.63) is 85.2 Å². The van der Waals surface area contributed by atoms with Crippen LogP contribution in [0.1, 0.15) is 0 Å². The summed E-state index contributed by atoms with van der Waals surface area (Å²) in [7, 11) is 4.04. The highest BCUT2D eigenvalue weighted by molar-refractivity contribution is 5.81. The lowest BCUT2D eigenvalue weighted by molar-refractivity contribution is 1.13. The van der Waals surface area contributed by atoms with Crippen molar-refractivity contribution in [2.75, 3.05) is 35.4 Å². The third-order valence-electron chi connectivity index (χ3n) is 4.67. The van der Waals surface area contributed by atoms with E-state index in [2.05, 4.69) is 37.6 Å². The van der Waals surface area contributed by atoms with Gasteiger partial charge >= 0.3 is 0 Å². The fourth-order valence-electron chi connectivity index (χ4n) is 3.17.